The lowest BCUT2D eigenvalue weighted by molar-refractivity contribution is 1.01. The Balaban J connectivity index is 1.11. The maximum absolute atomic E-state index is 5.48. The van der Waals surface area contributed by atoms with Gasteiger partial charge in [-0.3, -0.25) is 4.57 Å². The Hall–Kier alpha value is -7.56. The number of hydrogen-bond acceptors (Lipinski definition) is 2. The van der Waals surface area contributed by atoms with E-state index in [1.54, 1.807) is 0 Å². The van der Waals surface area contributed by atoms with Gasteiger partial charge in [-0.2, -0.15) is 0 Å². The van der Waals surface area contributed by atoms with Crippen LogP contribution in [0.3, 0.4) is 0 Å². The highest BCUT2D eigenvalue weighted by molar-refractivity contribution is 6.22. The number of hydrogen-bond donors (Lipinski definition) is 0. The van der Waals surface area contributed by atoms with Gasteiger partial charge in [0.15, 0.2) is 0 Å². The van der Waals surface area contributed by atoms with Gasteiger partial charge in [-0.15, -0.1) is 0 Å². The average molecular weight is 713 g/mol. The topological polar surface area (TPSA) is 35.6 Å². The van der Waals surface area contributed by atoms with E-state index in [-0.39, 0.29) is 0 Å². The Morgan fingerprint density at radius 1 is 0.321 bits per heavy atom. The first-order chi connectivity index (χ1) is 27.8. The van der Waals surface area contributed by atoms with E-state index in [0.29, 0.717) is 5.95 Å². The van der Waals surface area contributed by atoms with Crippen molar-refractivity contribution in [3.63, 3.8) is 0 Å². The van der Waals surface area contributed by atoms with E-state index in [2.05, 4.69) is 203 Å². The van der Waals surface area contributed by atoms with E-state index in [9.17, 15) is 0 Å². The van der Waals surface area contributed by atoms with E-state index < -0.39 is 0 Å². The number of nitrogens with zero attached hydrogens (tertiary/aromatic N) is 4. The summed E-state index contributed by atoms with van der Waals surface area (Å²) in [7, 11) is 0. The van der Waals surface area contributed by atoms with Crippen molar-refractivity contribution in [2.75, 3.05) is 0 Å². The van der Waals surface area contributed by atoms with Gasteiger partial charge in [0, 0.05) is 38.2 Å². The summed E-state index contributed by atoms with van der Waals surface area (Å²) in [6.07, 6.45) is 0. The molecule has 0 saturated carbocycles. The maximum Gasteiger partial charge on any atom is 0.235 e. The van der Waals surface area contributed by atoms with E-state index in [0.717, 1.165) is 49.8 Å². The molecule has 56 heavy (non-hydrogen) atoms. The summed E-state index contributed by atoms with van der Waals surface area (Å²) < 4.78 is 4.65. The Bertz CT molecular complexity index is 3500. The third kappa shape index (κ3) is 4.60. The molecule has 0 atom stereocenters. The molecule has 9 aromatic carbocycles. The molecular weight excluding hydrogens is 681 g/mol. The lowest BCUT2D eigenvalue weighted by Crippen LogP contribution is -2.03. The van der Waals surface area contributed by atoms with E-state index in [1.807, 2.05) is 0 Å². The molecule has 3 aromatic heterocycles. The van der Waals surface area contributed by atoms with Crippen LogP contribution in [0.1, 0.15) is 0 Å². The highest BCUT2D eigenvalue weighted by atomic mass is 15.2. The molecule has 0 bridgehead atoms. The quantitative estimate of drug-likeness (QED) is 0.182. The zero-order valence-electron chi connectivity index (χ0n) is 30.3. The third-order valence-electron chi connectivity index (χ3n) is 11.5. The Kier molecular flexibility index (Phi) is 6.60. The van der Waals surface area contributed by atoms with Crippen molar-refractivity contribution >= 4 is 76.1 Å². The van der Waals surface area contributed by atoms with Gasteiger partial charge in [-0.05, 0) is 87.3 Å². The zero-order valence-corrected chi connectivity index (χ0v) is 30.3. The van der Waals surface area contributed by atoms with Crippen LogP contribution in [0.15, 0.2) is 194 Å². The fourth-order valence-electron chi connectivity index (χ4n) is 8.93. The monoisotopic (exact) mass is 712 g/mol. The fraction of sp³-hybridized carbons (Fsp3) is 0. The molecule has 0 unspecified atom stereocenters. The van der Waals surface area contributed by atoms with Gasteiger partial charge in [0.25, 0.3) is 0 Å². The van der Waals surface area contributed by atoms with Crippen LogP contribution in [-0.2, 0) is 0 Å². The second kappa shape index (κ2) is 12.0. The lowest BCUT2D eigenvalue weighted by Gasteiger charge is -2.13. The number of aromatic nitrogens is 4. The van der Waals surface area contributed by atoms with Crippen LogP contribution in [0, 0.1) is 0 Å². The first kappa shape index (κ1) is 30.9. The molecular formula is C52H32N4. The number of benzene rings is 9. The molecule has 260 valence electrons. The Morgan fingerprint density at radius 3 is 1.75 bits per heavy atom. The predicted molar refractivity (Wildman–Crippen MR) is 234 cm³/mol. The summed E-state index contributed by atoms with van der Waals surface area (Å²) in [5.41, 5.74) is 10.8. The number of fused-ring (bicyclic) bond motifs is 10. The van der Waals surface area contributed by atoms with Crippen LogP contribution in [0.2, 0.25) is 0 Å². The largest absolute Gasteiger partial charge is 0.309 e. The second-order valence-electron chi connectivity index (χ2n) is 14.6. The van der Waals surface area contributed by atoms with Crippen molar-refractivity contribution in [1.82, 2.24) is 19.1 Å². The second-order valence-corrected chi connectivity index (χ2v) is 14.6. The highest BCUT2D eigenvalue weighted by Crippen LogP contribution is 2.40. The van der Waals surface area contributed by atoms with Crippen LogP contribution >= 0.6 is 0 Å². The molecule has 12 aromatic rings. The van der Waals surface area contributed by atoms with Crippen molar-refractivity contribution in [2.24, 2.45) is 0 Å². The van der Waals surface area contributed by atoms with E-state index in [4.69, 9.17) is 9.97 Å². The van der Waals surface area contributed by atoms with Crippen LogP contribution in [0.4, 0.5) is 0 Å². The molecule has 0 aliphatic rings. The molecule has 12 rings (SSSR count). The summed E-state index contributed by atoms with van der Waals surface area (Å²) in [5, 5.41) is 10.7. The Morgan fingerprint density at radius 2 is 0.929 bits per heavy atom. The summed E-state index contributed by atoms with van der Waals surface area (Å²) >= 11 is 0. The molecule has 0 amide bonds. The van der Waals surface area contributed by atoms with Crippen molar-refractivity contribution in [2.45, 2.75) is 0 Å². The first-order valence-corrected chi connectivity index (χ1v) is 19.1. The molecule has 0 spiro atoms. The number of para-hydroxylation sites is 3. The highest BCUT2D eigenvalue weighted by Gasteiger charge is 2.21. The Labute approximate surface area is 322 Å². The van der Waals surface area contributed by atoms with Gasteiger partial charge in [-0.25, -0.2) is 9.97 Å². The smallest absolute Gasteiger partial charge is 0.235 e. The standard InChI is InChI=1S/C52H32N4/c1-2-14-35-30-37(25-24-33(35)12-1)36-15-11-16-38(31-36)51-43-20-5-8-21-45(43)53-52(54-51)56-48-29-27-39(32-44(48)50-40-17-4-3-13-34(40)26-28-49(50)56)55-46-22-9-6-18-41(46)42-19-7-10-23-47(42)55/h1-32H. The van der Waals surface area contributed by atoms with Gasteiger partial charge < -0.3 is 4.57 Å². The molecule has 4 heteroatoms. The zero-order chi connectivity index (χ0) is 36.7. The molecule has 0 saturated heterocycles. The van der Waals surface area contributed by atoms with Gasteiger partial charge in [0.1, 0.15) is 0 Å². The molecule has 0 aliphatic carbocycles. The van der Waals surface area contributed by atoms with Crippen LogP contribution in [0.5, 0.6) is 0 Å². The minimum Gasteiger partial charge on any atom is -0.309 e. The summed E-state index contributed by atoms with van der Waals surface area (Å²) in [6, 6.07) is 69.7. The van der Waals surface area contributed by atoms with Crippen LogP contribution in [-0.4, -0.2) is 19.1 Å². The van der Waals surface area contributed by atoms with Gasteiger partial charge >= 0.3 is 0 Å². The molecule has 0 fully saturated rings. The predicted octanol–water partition coefficient (Wildman–Crippen LogP) is 13.5. The minimum atomic E-state index is 0.648. The van der Waals surface area contributed by atoms with E-state index in [1.165, 1.54) is 54.3 Å². The third-order valence-corrected chi connectivity index (χ3v) is 11.5. The van der Waals surface area contributed by atoms with Crippen molar-refractivity contribution in [3.05, 3.63) is 194 Å². The van der Waals surface area contributed by atoms with Crippen molar-refractivity contribution in [3.8, 4) is 34.0 Å². The van der Waals surface area contributed by atoms with Crippen molar-refractivity contribution < 1.29 is 0 Å². The molecule has 0 aliphatic heterocycles. The number of rotatable bonds is 4. The SMILES string of the molecule is c1cc(-c2ccc3ccccc3c2)cc(-c2nc(-n3c4ccc(-n5c6ccccc6c6ccccc65)cc4c4c5ccccc5ccc43)nc3ccccc23)c1. The van der Waals surface area contributed by atoms with Gasteiger partial charge in [-0.1, -0.05) is 140 Å². The molecule has 4 nitrogen and oxygen atoms in total. The summed E-state index contributed by atoms with van der Waals surface area (Å²) in [6.45, 7) is 0. The summed E-state index contributed by atoms with van der Waals surface area (Å²) in [4.78, 5) is 10.8. The fourth-order valence-corrected chi connectivity index (χ4v) is 8.93. The first-order valence-electron chi connectivity index (χ1n) is 19.1. The van der Waals surface area contributed by atoms with Crippen molar-refractivity contribution in [1.29, 1.82) is 0 Å². The lowest BCUT2D eigenvalue weighted by atomic mass is 9.98. The summed E-state index contributed by atoms with van der Waals surface area (Å²) in [5.74, 6) is 0.648. The average Bonchev–Trinajstić information content (AvgIpc) is 3.79. The normalized spacial score (nSPS) is 11.9. The molecule has 0 radical (unpaired) electrons. The van der Waals surface area contributed by atoms with Crippen LogP contribution in [0.25, 0.3) is 110 Å². The van der Waals surface area contributed by atoms with Crippen LogP contribution < -0.4 is 0 Å². The van der Waals surface area contributed by atoms with Gasteiger partial charge in [0.2, 0.25) is 5.95 Å². The van der Waals surface area contributed by atoms with E-state index >= 15 is 0 Å². The molecule has 3 heterocycles. The maximum atomic E-state index is 5.48. The van der Waals surface area contributed by atoms with Gasteiger partial charge in [0.05, 0.1) is 33.3 Å². The molecule has 0 N–H and O–H groups in total. The minimum absolute atomic E-state index is 0.648.